The van der Waals surface area contributed by atoms with Gasteiger partial charge in [0, 0.05) is 16.9 Å². The zero-order valence-electron chi connectivity index (χ0n) is 14.4. The average Bonchev–Trinajstić information content (AvgIpc) is 2.65. The topological polar surface area (TPSA) is 77.9 Å². The van der Waals surface area contributed by atoms with Crippen LogP contribution in [0.25, 0.3) is 0 Å². The van der Waals surface area contributed by atoms with Crippen LogP contribution >= 0.6 is 15.9 Å². The van der Waals surface area contributed by atoms with Crippen LogP contribution in [0.4, 0.5) is 0 Å². The van der Waals surface area contributed by atoms with Gasteiger partial charge in [0.1, 0.15) is 0 Å². The maximum atomic E-state index is 12.9. The van der Waals surface area contributed by atoms with Gasteiger partial charge in [-0.25, -0.2) is 8.42 Å². The van der Waals surface area contributed by atoms with Crippen LogP contribution < -0.4 is 0 Å². The van der Waals surface area contributed by atoms with Gasteiger partial charge in [0.2, 0.25) is 15.9 Å². The molecule has 2 aromatic carbocycles. The second kappa shape index (κ2) is 7.01. The molecule has 1 amide bonds. The maximum Gasteiger partial charge on any atom is 0.243 e. The molecule has 0 aliphatic carbocycles. The fourth-order valence-corrected chi connectivity index (χ4v) is 5.77. The van der Waals surface area contributed by atoms with E-state index >= 15 is 0 Å². The van der Waals surface area contributed by atoms with E-state index in [1.165, 1.54) is 16.4 Å². The summed E-state index contributed by atoms with van der Waals surface area (Å²) in [5.41, 5.74) is 0.991. The molecule has 2 fully saturated rings. The number of rotatable bonds is 4. The fraction of sp³-hybridized carbons (Fsp3) is 0.316. The van der Waals surface area contributed by atoms with E-state index in [1.807, 2.05) is 24.3 Å². The van der Waals surface area contributed by atoms with E-state index in [0.29, 0.717) is 0 Å². The highest BCUT2D eigenvalue weighted by Gasteiger charge is 2.55. The Morgan fingerprint density at radius 2 is 1.74 bits per heavy atom. The molecule has 2 aliphatic rings. The Balaban J connectivity index is 1.64. The summed E-state index contributed by atoms with van der Waals surface area (Å²) in [7, 11) is -3.74. The Labute approximate surface area is 166 Å². The Kier molecular flexibility index (Phi) is 4.84. The van der Waals surface area contributed by atoms with E-state index in [4.69, 9.17) is 0 Å². The predicted molar refractivity (Wildman–Crippen MR) is 104 cm³/mol. The summed E-state index contributed by atoms with van der Waals surface area (Å²) < 4.78 is 28.1. The first-order chi connectivity index (χ1) is 12.9. The molecule has 6 nitrogen and oxygen atoms in total. The van der Waals surface area contributed by atoms with Gasteiger partial charge in [0.15, 0.2) is 0 Å². The number of benzene rings is 2. The van der Waals surface area contributed by atoms with Crippen molar-refractivity contribution in [3.05, 3.63) is 64.6 Å². The number of aliphatic hydroxyl groups excluding tert-OH is 1. The quantitative estimate of drug-likeness (QED) is 0.770. The van der Waals surface area contributed by atoms with Crippen molar-refractivity contribution >= 4 is 31.9 Å². The van der Waals surface area contributed by atoms with Crippen molar-refractivity contribution in [2.24, 2.45) is 0 Å². The summed E-state index contributed by atoms with van der Waals surface area (Å²) >= 11 is 3.41. The normalized spacial score (nSPS) is 25.8. The first-order valence-electron chi connectivity index (χ1n) is 8.66. The third-order valence-corrected chi connectivity index (χ3v) is 7.71. The van der Waals surface area contributed by atoms with Gasteiger partial charge in [0.05, 0.1) is 30.1 Å². The molecular weight excluding hydrogens is 432 g/mol. The molecule has 2 aliphatic heterocycles. The van der Waals surface area contributed by atoms with Crippen LogP contribution in [0.3, 0.4) is 0 Å². The molecule has 2 saturated heterocycles. The molecule has 0 saturated carbocycles. The van der Waals surface area contributed by atoms with Crippen molar-refractivity contribution in [1.82, 2.24) is 9.21 Å². The third kappa shape index (κ3) is 3.10. The number of fused-ring (bicyclic) bond motifs is 1. The lowest BCUT2D eigenvalue weighted by atomic mass is 9.74. The Bertz CT molecular complexity index is 949. The van der Waals surface area contributed by atoms with E-state index in [1.54, 1.807) is 23.1 Å². The number of hydrogen-bond donors (Lipinski definition) is 1. The van der Waals surface area contributed by atoms with E-state index in [9.17, 15) is 18.3 Å². The molecule has 0 bridgehead atoms. The molecule has 3 atom stereocenters. The summed E-state index contributed by atoms with van der Waals surface area (Å²) in [6.45, 7) is -0.119. The number of piperazine rings is 1. The summed E-state index contributed by atoms with van der Waals surface area (Å²) in [6.07, 6.45) is 0. The second-order valence-electron chi connectivity index (χ2n) is 6.81. The highest BCUT2D eigenvalue weighted by Crippen LogP contribution is 2.43. The molecule has 142 valence electrons. The smallest absolute Gasteiger partial charge is 0.243 e. The van der Waals surface area contributed by atoms with Crippen LogP contribution in [0.1, 0.15) is 11.5 Å². The molecule has 8 heteroatoms. The highest BCUT2D eigenvalue weighted by atomic mass is 79.9. The standard InChI is InChI=1S/C19H19BrN2O4S/c20-14-8-6-13(7-9-14)19-16-10-21(11-18(24)22(16)17(19)12-23)27(25,26)15-4-2-1-3-5-15/h1-9,16-17,19,23H,10-12H2/t16-,17-,19+/m1/s1. The summed E-state index contributed by atoms with van der Waals surface area (Å²) in [4.78, 5) is 14.5. The Morgan fingerprint density at radius 3 is 2.37 bits per heavy atom. The van der Waals surface area contributed by atoms with Crippen LogP contribution in [-0.4, -0.2) is 60.4 Å². The van der Waals surface area contributed by atoms with E-state index < -0.39 is 10.0 Å². The highest BCUT2D eigenvalue weighted by molar-refractivity contribution is 9.10. The van der Waals surface area contributed by atoms with Crippen molar-refractivity contribution in [3.63, 3.8) is 0 Å². The van der Waals surface area contributed by atoms with Crippen molar-refractivity contribution < 1.29 is 18.3 Å². The van der Waals surface area contributed by atoms with E-state index in [-0.39, 0.29) is 48.5 Å². The first-order valence-corrected chi connectivity index (χ1v) is 10.9. The van der Waals surface area contributed by atoms with Gasteiger partial charge < -0.3 is 10.0 Å². The minimum absolute atomic E-state index is 0.0965. The number of sulfonamides is 1. The molecule has 1 N–H and O–H groups in total. The van der Waals surface area contributed by atoms with Crippen molar-refractivity contribution in [3.8, 4) is 0 Å². The van der Waals surface area contributed by atoms with Crippen LogP contribution in [0.5, 0.6) is 0 Å². The van der Waals surface area contributed by atoms with Gasteiger partial charge in [-0.05, 0) is 29.8 Å². The Morgan fingerprint density at radius 1 is 1.07 bits per heavy atom. The van der Waals surface area contributed by atoms with Gasteiger partial charge in [0.25, 0.3) is 0 Å². The first kappa shape index (κ1) is 18.6. The molecule has 2 heterocycles. The summed E-state index contributed by atoms with van der Waals surface area (Å²) in [6, 6.07) is 15.3. The third-order valence-electron chi connectivity index (χ3n) is 5.36. The number of amides is 1. The lowest BCUT2D eigenvalue weighted by molar-refractivity contribution is -0.158. The second-order valence-corrected chi connectivity index (χ2v) is 9.66. The van der Waals surface area contributed by atoms with Crippen LogP contribution in [0.15, 0.2) is 64.0 Å². The van der Waals surface area contributed by atoms with Crippen molar-refractivity contribution in [2.45, 2.75) is 22.9 Å². The number of halogens is 1. The summed E-state index contributed by atoms with van der Waals surface area (Å²) in [5.74, 6) is -0.362. The average molecular weight is 451 g/mol. The molecule has 27 heavy (non-hydrogen) atoms. The van der Waals surface area contributed by atoms with Gasteiger partial charge >= 0.3 is 0 Å². The minimum Gasteiger partial charge on any atom is -0.394 e. The molecule has 0 aromatic heterocycles. The number of carbonyl (C=O) groups is 1. The van der Waals surface area contributed by atoms with E-state index in [0.717, 1.165) is 10.0 Å². The number of nitrogens with zero attached hydrogens (tertiary/aromatic N) is 2. The van der Waals surface area contributed by atoms with Crippen LogP contribution in [0, 0.1) is 0 Å². The molecule has 4 rings (SSSR count). The molecular formula is C19H19BrN2O4S. The lowest BCUT2D eigenvalue weighted by Crippen LogP contribution is -2.73. The molecule has 0 spiro atoms. The predicted octanol–water partition coefficient (Wildman–Crippen LogP) is 1.81. The fourth-order valence-electron chi connectivity index (χ4n) is 4.08. The summed E-state index contributed by atoms with van der Waals surface area (Å²) in [5, 5.41) is 9.80. The SMILES string of the molecule is O=C1CN(S(=O)(=O)c2ccccc2)C[C@@H]2[C@H](c3ccc(Br)cc3)[C@@H](CO)N12. The van der Waals surface area contributed by atoms with Gasteiger partial charge in [-0.15, -0.1) is 0 Å². The maximum absolute atomic E-state index is 12.9. The number of aliphatic hydroxyl groups is 1. The van der Waals surface area contributed by atoms with Gasteiger partial charge in [-0.1, -0.05) is 46.3 Å². The Hall–Kier alpha value is -1.74. The largest absolute Gasteiger partial charge is 0.394 e. The monoisotopic (exact) mass is 450 g/mol. The van der Waals surface area contributed by atoms with Crippen molar-refractivity contribution in [2.75, 3.05) is 19.7 Å². The van der Waals surface area contributed by atoms with Crippen molar-refractivity contribution in [1.29, 1.82) is 0 Å². The van der Waals surface area contributed by atoms with Crippen LogP contribution in [-0.2, 0) is 14.8 Å². The van der Waals surface area contributed by atoms with Gasteiger partial charge in [-0.3, -0.25) is 4.79 Å². The zero-order chi connectivity index (χ0) is 19.2. The van der Waals surface area contributed by atoms with Crippen LogP contribution in [0.2, 0.25) is 0 Å². The minimum atomic E-state index is -3.74. The number of hydrogen-bond acceptors (Lipinski definition) is 4. The molecule has 0 unspecified atom stereocenters. The lowest BCUT2D eigenvalue weighted by Gasteiger charge is -2.58. The van der Waals surface area contributed by atoms with E-state index in [2.05, 4.69) is 15.9 Å². The molecule has 2 aromatic rings. The number of carbonyl (C=O) groups excluding carboxylic acids is 1. The zero-order valence-corrected chi connectivity index (χ0v) is 16.8. The molecule has 0 radical (unpaired) electrons. The van der Waals surface area contributed by atoms with Gasteiger partial charge in [-0.2, -0.15) is 4.31 Å².